The summed E-state index contributed by atoms with van der Waals surface area (Å²) in [6.45, 7) is 0.607. The number of rotatable bonds is 6. The molecule has 0 bridgehead atoms. The summed E-state index contributed by atoms with van der Waals surface area (Å²) in [7, 11) is 1.65. The van der Waals surface area contributed by atoms with Crippen LogP contribution in [0.25, 0.3) is 0 Å². The van der Waals surface area contributed by atoms with Crippen molar-refractivity contribution in [3.8, 4) is 0 Å². The zero-order valence-corrected chi connectivity index (χ0v) is 12.5. The van der Waals surface area contributed by atoms with E-state index in [9.17, 15) is 4.79 Å². The summed E-state index contributed by atoms with van der Waals surface area (Å²) < 4.78 is 5.02. The first-order valence-corrected chi connectivity index (χ1v) is 7.76. The minimum absolute atomic E-state index is 0.0153. The van der Waals surface area contributed by atoms with Crippen LogP contribution in [0.1, 0.15) is 12.0 Å². The smallest absolute Gasteiger partial charge is 0.234 e. The normalized spacial score (nSPS) is 18.9. The Hall–Kier alpha value is -0.710. The second-order valence-electron chi connectivity index (χ2n) is 4.56. The molecule has 1 amide bonds. The minimum atomic E-state index is -0.0364. The van der Waals surface area contributed by atoms with E-state index in [1.54, 1.807) is 18.9 Å². The van der Waals surface area contributed by atoms with Crippen molar-refractivity contribution in [2.24, 2.45) is 0 Å². The van der Waals surface area contributed by atoms with Crippen LogP contribution in [0, 0.1) is 0 Å². The second kappa shape index (κ2) is 7.17. The third kappa shape index (κ3) is 3.88. The quantitative estimate of drug-likeness (QED) is 0.820. The SMILES string of the molecule is COCCC(CCl)NC(=O)C1Cc2ccccc2S1. The standard InChI is InChI=1S/C14H18ClNO2S/c1-18-7-6-11(9-15)16-14(17)13-8-10-4-2-3-5-12(10)19-13/h2-5,11,13H,6-9H2,1H3,(H,16,17). The fourth-order valence-electron chi connectivity index (χ4n) is 2.07. The van der Waals surface area contributed by atoms with Crippen molar-refractivity contribution in [3.05, 3.63) is 29.8 Å². The number of thioether (sulfide) groups is 1. The van der Waals surface area contributed by atoms with Crippen LogP contribution in [0.5, 0.6) is 0 Å². The number of hydrogen-bond acceptors (Lipinski definition) is 3. The molecule has 0 saturated heterocycles. The molecule has 1 heterocycles. The van der Waals surface area contributed by atoms with Crippen LogP contribution in [0.15, 0.2) is 29.2 Å². The number of methoxy groups -OCH3 is 1. The zero-order valence-electron chi connectivity index (χ0n) is 10.9. The first-order valence-electron chi connectivity index (χ1n) is 6.34. The van der Waals surface area contributed by atoms with E-state index in [1.165, 1.54) is 10.5 Å². The monoisotopic (exact) mass is 299 g/mol. The van der Waals surface area contributed by atoms with Gasteiger partial charge in [0.2, 0.25) is 5.91 Å². The van der Waals surface area contributed by atoms with Gasteiger partial charge in [0.15, 0.2) is 0 Å². The van der Waals surface area contributed by atoms with Gasteiger partial charge < -0.3 is 10.1 Å². The Bertz CT molecular complexity index is 416. The fraction of sp³-hybridized carbons (Fsp3) is 0.500. The molecule has 1 aliphatic heterocycles. The first-order chi connectivity index (χ1) is 9.24. The summed E-state index contributed by atoms with van der Waals surface area (Å²) in [6.07, 6.45) is 1.54. The summed E-state index contributed by atoms with van der Waals surface area (Å²) >= 11 is 7.50. The van der Waals surface area contributed by atoms with Crippen LogP contribution in [0.3, 0.4) is 0 Å². The van der Waals surface area contributed by atoms with Gasteiger partial charge in [0.25, 0.3) is 0 Å². The Balaban J connectivity index is 1.88. The summed E-state index contributed by atoms with van der Waals surface area (Å²) in [6, 6.07) is 8.15. The molecular formula is C14H18ClNO2S. The summed E-state index contributed by atoms with van der Waals surface area (Å²) in [5.41, 5.74) is 1.26. The van der Waals surface area contributed by atoms with E-state index in [4.69, 9.17) is 16.3 Å². The molecule has 2 atom stereocenters. The van der Waals surface area contributed by atoms with E-state index in [2.05, 4.69) is 17.4 Å². The molecule has 0 fully saturated rings. The number of hydrogen-bond donors (Lipinski definition) is 1. The van der Waals surface area contributed by atoms with E-state index in [0.29, 0.717) is 12.5 Å². The van der Waals surface area contributed by atoms with Gasteiger partial charge in [-0.05, 0) is 24.5 Å². The van der Waals surface area contributed by atoms with E-state index in [1.807, 2.05) is 12.1 Å². The van der Waals surface area contributed by atoms with Crippen LogP contribution in [-0.4, -0.2) is 36.8 Å². The number of carbonyl (C=O) groups is 1. The Kier molecular flexibility index (Phi) is 5.55. The van der Waals surface area contributed by atoms with Crippen molar-refractivity contribution < 1.29 is 9.53 Å². The average Bonchev–Trinajstić information content (AvgIpc) is 2.87. The predicted octanol–water partition coefficient (Wildman–Crippen LogP) is 2.46. The Labute approximate surface area is 123 Å². The molecule has 19 heavy (non-hydrogen) atoms. The number of fused-ring (bicyclic) bond motifs is 1. The highest BCUT2D eigenvalue weighted by molar-refractivity contribution is 8.01. The molecule has 0 spiro atoms. The highest BCUT2D eigenvalue weighted by atomic mass is 35.5. The molecule has 3 nitrogen and oxygen atoms in total. The zero-order chi connectivity index (χ0) is 13.7. The Morgan fingerprint density at radius 3 is 3.05 bits per heavy atom. The first kappa shape index (κ1) is 14.7. The molecule has 1 aliphatic rings. The average molecular weight is 300 g/mol. The molecule has 0 aliphatic carbocycles. The lowest BCUT2D eigenvalue weighted by molar-refractivity contribution is -0.121. The molecule has 0 saturated carbocycles. The summed E-state index contributed by atoms with van der Waals surface area (Å²) in [4.78, 5) is 13.4. The van der Waals surface area contributed by atoms with Crippen molar-refractivity contribution in [2.75, 3.05) is 19.6 Å². The molecule has 104 valence electrons. The van der Waals surface area contributed by atoms with E-state index >= 15 is 0 Å². The van der Waals surface area contributed by atoms with Crippen molar-refractivity contribution >= 4 is 29.3 Å². The molecule has 0 aromatic heterocycles. The van der Waals surface area contributed by atoms with Crippen LogP contribution in [-0.2, 0) is 16.0 Å². The van der Waals surface area contributed by atoms with Crippen LogP contribution in [0.2, 0.25) is 0 Å². The molecule has 1 aromatic rings. The number of benzene rings is 1. The summed E-state index contributed by atoms with van der Waals surface area (Å²) in [5, 5.41) is 2.97. The van der Waals surface area contributed by atoms with Crippen molar-refractivity contribution in [1.29, 1.82) is 0 Å². The maximum absolute atomic E-state index is 12.2. The number of nitrogens with one attached hydrogen (secondary N) is 1. The van der Waals surface area contributed by atoms with E-state index in [-0.39, 0.29) is 17.2 Å². The highest BCUT2D eigenvalue weighted by Gasteiger charge is 2.28. The lowest BCUT2D eigenvalue weighted by atomic mass is 10.1. The molecule has 2 rings (SSSR count). The number of ether oxygens (including phenoxy) is 1. The van der Waals surface area contributed by atoms with E-state index in [0.717, 1.165) is 12.8 Å². The van der Waals surface area contributed by atoms with Gasteiger partial charge in [0.1, 0.15) is 0 Å². The lowest BCUT2D eigenvalue weighted by Gasteiger charge is -2.18. The van der Waals surface area contributed by atoms with Crippen molar-refractivity contribution in [2.45, 2.75) is 29.0 Å². The van der Waals surface area contributed by atoms with Gasteiger partial charge in [-0.15, -0.1) is 23.4 Å². The number of amides is 1. The predicted molar refractivity (Wildman–Crippen MR) is 78.9 cm³/mol. The second-order valence-corrected chi connectivity index (χ2v) is 6.11. The third-order valence-corrected chi connectivity index (χ3v) is 4.83. The van der Waals surface area contributed by atoms with Gasteiger partial charge in [-0.1, -0.05) is 18.2 Å². The highest BCUT2D eigenvalue weighted by Crippen LogP contribution is 2.36. The molecule has 5 heteroatoms. The van der Waals surface area contributed by atoms with Crippen LogP contribution < -0.4 is 5.32 Å². The molecule has 1 N–H and O–H groups in total. The summed E-state index contributed by atoms with van der Waals surface area (Å²) in [5.74, 6) is 0.488. The van der Waals surface area contributed by atoms with Gasteiger partial charge >= 0.3 is 0 Å². The van der Waals surface area contributed by atoms with Crippen molar-refractivity contribution in [1.82, 2.24) is 5.32 Å². The Morgan fingerprint density at radius 2 is 2.37 bits per heavy atom. The topological polar surface area (TPSA) is 38.3 Å². The molecule has 1 aromatic carbocycles. The third-order valence-electron chi connectivity index (χ3n) is 3.14. The lowest BCUT2D eigenvalue weighted by Crippen LogP contribution is -2.41. The maximum Gasteiger partial charge on any atom is 0.234 e. The van der Waals surface area contributed by atoms with Gasteiger partial charge in [-0.2, -0.15) is 0 Å². The van der Waals surface area contributed by atoms with Gasteiger partial charge in [0, 0.05) is 30.5 Å². The molecule has 0 radical (unpaired) electrons. The van der Waals surface area contributed by atoms with Gasteiger partial charge in [-0.25, -0.2) is 0 Å². The van der Waals surface area contributed by atoms with Crippen LogP contribution in [0.4, 0.5) is 0 Å². The van der Waals surface area contributed by atoms with Crippen LogP contribution >= 0.6 is 23.4 Å². The van der Waals surface area contributed by atoms with Crippen molar-refractivity contribution in [3.63, 3.8) is 0 Å². The van der Waals surface area contributed by atoms with Gasteiger partial charge in [-0.3, -0.25) is 4.79 Å². The van der Waals surface area contributed by atoms with Gasteiger partial charge in [0.05, 0.1) is 5.25 Å². The maximum atomic E-state index is 12.2. The number of halogens is 1. The minimum Gasteiger partial charge on any atom is -0.385 e. The Morgan fingerprint density at radius 1 is 1.58 bits per heavy atom. The number of carbonyl (C=O) groups excluding carboxylic acids is 1. The fourth-order valence-corrected chi connectivity index (χ4v) is 3.51. The molecular weight excluding hydrogens is 282 g/mol. The van der Waals surface area contributed by atoms with E-state index < -0.39 is 0 Å². The number of alkyl halides is 1. The molecule has 2 unspecified atom stereocenters. The largest absolute Gasteiger partial charge is 0.385 e.